The lowest BCUT2D eigenvalue weighted by molar-refractivity contribution is 0.0924. The summed E-state index contributed by atoms with van der Waals surface area (Å²) in [4.78, 5) is 17.8. The fraction of sp³-hybridized carbons (Fsp3) is 0.400. The van der Waals surface area contributed by atoms with Crippen LogP contribution in [0.1, 0.15) is 16.8 Å². The SMILES string of the molecule is O=C(NC1CN2CC[C@H]1C2)c1ccc2c[nH]cc2c1. The maximum Gasteiger partial charge on any atom is 0.251 e. The van der Waals surface area contributed by atoms with Crippen molar-refractivity contribution in [1.29, 1.82) is 0 Å². The lowest BCUT2D eigenvalue weighted by Crippen LogP contribution is -2.43. The fourth-order valence-electron chi connectivity index (χ4n) is 3.39. The molecule has 4 rings (SSSR count). The van der Waals surface area contributed by atoms with E-state index in [1.54, 1.807) is 0 Å². The van der Waals surface area contributed by atoms with Crippen LogP contribution in [0.2, 0.25) is 0 Å². The number of aromatic nitrogens is 1. The van der Waals surface area contributed by atoms with Gasteiger partial charge in [-0.25, -0.2) is 0 Å². The first kappa shape index (κ1) is 11.1. The van der Waals surface area contributed by atoms with Crippen LogP contribution in [-0.4, -0.2) is 41.5 Å². The van der Waals surface area contributed by atoms with E-state index in [4.69, 9.17) is 0 Å². The molecule has 2 aliphatic rings. The highest BCUT2D eigenvalue weighted by molar-refractivity contribution is 5.98. The zero-order valence-corrected chi connectivity index (χ0v) is 10.7. The van der Waals surface area contributed by atoms with Crippen LogP contribution in [0, 0.1) is 5.92 Å². The Morgan fingerprint density at radius 2 is 2.16 bits per heavy atom. The van der Waals surface area contributed by atoms with Gasteiger partial charge in [0.1, 0.15) is 0 Å². The van der Waals surface area contributed by atoms with E-state index in [-0.39, 0.29) is 5.91 Å². The first-order valence-corrected chi connectivity index (χ1v) is 6.89. The van der Waals surface area contributed by atoms with Gasteiger partial charge in [0, 0.05) is 37.1 Å². The van der Waals surface area contributed by atoms with Crippen molar-refractivity contribution in [3.05, 3.63) is 36.2 Å². The van der Waals surface area contributed by atoms with E-state index >= 15 is 0 Å². The van der Waals surface area contributed by atoms with E-state index in [1.165, 1.54) is 13.0 Å². The van der Waals surface area contributed by atoms with Crippen LogP contribution in [0.15, 0.2) is 30.6 Å². The van der Waals surface area contributed by atoms with Gasteiger partial charge in [-0.2, -0.15) is 0 Å². The number of nitrogens with one attached hydrogen (secondary N) is 2. The van der Waals surface area contributed by atoms with Gasteiger partial charge in [0.15, 0.2) is 0 Å². The monoisotopic (exact) mass is 255 g/mol. The van der Waals surface area contributed by atoms with Crippen molar-refractivity contribution in [2.75, 3.05) is 19.6 Å². The number of nitrogens with zero attached hydrogens (tertiary/aromatic N) is 1. The minimum atomic E-state index is 0.0573. The van der Waals surface area contributed by atoms with Crippen molar-refractivity contribution < 1.29 is 4.79 Å². The molecule has 2 saturated heterocycles. The predicted molar refractivity (Wildman–Crippen MR) is 74.1 cm³/mol. The molecule has 0 aliphatic carbocycles. The molecule has 2 N–H and O–H groups in total. The number of amides is 1. The largest absolute Gasteiger partial charge is 0.366 e. The Balaban J connectivity index is 1.53. The van der Waals surface area contributed by atoms with Gasteiger partial charge in [-0.1, -0.05) is 6.07 Å². The van der Waals surface area contributed by atoms with Gasteiger partial charge in [-0.15, -0.1) is 0 Å². The summed E-state index contributed by atoms with van der Waals surface area (Å²) in [5, 5.41) is 5.42. The minimum Gasteiger partial charge on any atom is -0.366 e. The van der Waals surface area contributed by atoms with E-state index in [0.29, 0.717) is 12.0 Å². The number of carbonyl (C=O) groups is 1. The molecule has 0 spiro atoms. The molecule has 4 nitrogen and oxygen atoms in total. The molecule has 19 heavy (non-hydrogen) atoms. The Morgan fingerprint density at radius 3 is 2.95 bits per heavy atom. The van der Waals surface area contributed by atoms with Crippen molar-refractivity contribution >= 4 is 16.7 Å². The summed E-state index contributed by atoms with van der Waals surface area (Å²) < 4.78 is 0. The highest BCUT2D eigenvalue weighted by Crippen LogP contribution is 2.28. The number of aromatic amines is 1. The molecule has 2 unspecified atom stereocenters. The molecule has 4 heteroatoms. The van der Waals surface area contributed by atoms with E-state index in [0.717, 1.165) is 29.4 Å². The van der Waals surface area contributed by atoms with E-state index in [9.17, 15) is 4.79 Å². The Kier molecular flexibility index (Phi) is 2.38. The number of carbonyl (C=O) groups excluding carboxylic acids is 1. The second kappa shape index (κ2) is 4.10. The maximum absolute atomic E-state index is 12.3. The zero-order chi connectivity index (χ0) is 12.8. The Labute approximate surface area is 111 Å². The predicted octanol–water partition coefficient (Wildman–Crippen LogP) is 1.60. The molecule has 3 atom stereocenters. The summed E-state index contributed by atoms with van der Waals surface area (Å²) >= 11 is 0. The standard InChI is InChI=1S/C15H17N3O/c19-15(17-14-9-18-4-3-12(14)8-18)10-1-2-11-6-16-7-13(11)5-10/h1-2,5-7,12,14,16H,3-4,8-9H2,(H,17,19)/t12-,14?/m0/s1. The Hall–Kier alpha value is -1.81. The average molecular weight is 255 g/mol. The van der Waals surface area contributed by atoms with Crippen molar-refractivity contribution in [2.45, 2.75) is 12.5 Å². The molecule has 2 aliphatic heterocycles. The van der Waals surface area contributed by atoms with Crippen LogP contribution in [0.5, 0.6) is 0 Å². The molecule has 3 heterocycles. The number of H-pyrrole nitrogens is 1. The van der Waals surface area contributed by atoms with Gasteiger partial charge in [0.05, 0.1) is 0 Å². The maximum atomic E-state index is 12.3. The topological polar surface area (TPSA) is 48.1 Å². The van der Waals surface area contributed by atoms with Gasteiger partial charge >= 0.3 is 0 Å². The Bertz CT molecular complexity index is 633. The number of hydrogen-bond donors (Lipinski definition) is 2. The first-order valence-electron chi connectivity index (χ1n) is 6.89. The molecular formula is C15H17N3O. The summed E-state index contributed by atoms with van der Waals surface area (Å²) in [6.07, 6.45) is 5.09. The van der Waals surface area contributed by atoms with Crippen molar-refractivity contribution in [3.63, 3.8) is 0 Å². The molecule has 0 radical (unpaired) electrons. The normalized spacial score (nSPS) is 28.9. The second-order valence-electron chi connectivity index (χ2n) is 5.69. The highest BCUT2D eigenvalue weighted by Gasteiger charge is 2.38. The summed E-state index contributed by atoms with van der Waals surface area (Å²) in [5.74, 6) is 0.710. The summed E-state index contributed by atoms with van der Waals surface area (Å²) in [5.41, 5.74) is 0.755. The summed E-state index contributed by atoms with van der Waals surface area (Å²) in [6, 6.07) is 6.18. The number of fused-ring (bicyclic) bond motifs is 3. The molecule has 1 aromatic carbocycles. The van der Waals surface area contributed by atoms with Crippen LogP contribution < -0.4 is 5.32 Å². The smallest absolute Gasteiger partial charge is 0.251 e. The zero-order valence-electron chi connectivity index (χ0n) is 10.7. The average Bonchev–Trinajstić information content (AvgIpc) is 3.13. The van der Waals surface area contributed by atoms with Crippen LogP contribution in [0.4, 0.5) is 0 Å². The third kappa shape index (κ3) is 1.83. The van der Waals surface area contributed by atoms with E-state index in [2.05, 4.69) is 15.2 Å². The van der Waals surface area contributed by atoms with Crippen molar-refractivity contribution in [1.82, 2.24) is 15.2 Å². The van der Waals surface area contributed by atoms with Crippen LogP contribution in [0.25, 0.3) is 10.8 Å². The Morgan fingerprint density at radius 1 is 1.26 bits per heavy atom. The molecule has 0 saturated carbocycles. The summed E-state index contributed by atoms with van der Waals surface area (Å²) in [7, 11) is 0. The number of hydrogen-bond acceptors (Lipinski definition) is 2. The lowest BCUT2D eigenvalue weighted by atomic mass is 9.99. The molecule has 98 valence electrons. The molecule has 2 fully saturated rings. The third-order valence-corrected chi connectivity index (χ3v) is 4.48. The lowest BCUT2D eigenvalue weighted by Gasteiger charge is -2.23. The van der Waals surface area contributed by atoms with Gasteiger partial charge in [0.2, 0.25) is 0 Å². The second-order valence-corrected chi connectivity index (χ2v) is 5.69. The van der Waals surface area contributed by atoms with Gasteiger partial charge < -0.3 is 15.2 Å². The molecular weight excluding hydrogens is 238 g/mol. The van der Waals surface area contributed by atoms with E-state index < -0.39 is 0 Å². The van der Waals surface area contributed by atoms with Crippen LogP contribution in [0.3, 0.4) is 0 Å². The first-order chi connectivity index (χ1) is 9.29. The quantitative estimate of drug-likeness (QED) is 0.856. The van der Waals surface area contributed by atoms with Gasteiger partial charge in [0.25, 0.3) is 5.91 Å². The van der Waals surface area contributed by atoms with Crippen LogP contribution >= 0.6 is 0 Å². The van der Waals surface area contributed by atoms with Crippen molar-refractivity contribution in [2.24, 2.45) is 5.92 Å². The summed E-state index contributed by atoms with van der Waals surface area (Å²) in [6.45, 7) is 3.37. The van der Waals surface area contributed by atoms with Gasteiger partial charge in [-0.05, 0) is 41.8 Å². The molecule has 2 aromatic rings. The van der Waals surface area contributed by atoms with Crippen molar-refractivity contribution in [3.8, 4) is 0 Å². The molecule has 1 amide bonds. The van der Waals surface area contributed by atoms with Crippen LogP contribution in [-0.2, 0) is 0 Å². The third-order valence-electron chi connectivity index (χ3n) is 4.48. The minimum absolute atomic E-state index is 0.0573. The number of benzene rings is 1. The fourth-order valence-corrected chi connectivity index (χ4v) is 3.39. The highest BCUT2D eigenvalue weighted by atomic mass is 16.1. The van der Waals surface area contributed by atoms with E-state index in [1.807, 2.05) is 30.6 Å². The number of rotatable bonds is 2. The number of piperidine rings is 1. The molecule has 1 aromatic heterocycles. The van der Waals surface area contributed by atoms with Gasteiger partial charge in [-0.3, -0.25) is 4.79 Å². The molecule has 2 bridgehead atoms.